The molecular weight excluding hydrogens is 124 g/mol. The van der Waals surface area contributed by atoms with Crippen molar-refractivity contribution in [2.24, 2.45) is 5.73 Å². The van der Waals surface area contributed by atoms with Gasteiger partial charge in [-0.3, -0.25) is 0 Å². The Hall–Kier alpha value is -0.0800. The summed E-state index contributed by atoms with van der Waals surface area (Å²) in [5.41, 5.74) is 5.63. The van der Waals surface area contributed by atoms with Gasteiger partial charge in [0.15, 0.2) is 0 Å². The summed E-state index contributed by atoms with van der Waals surface area (Å²) in [7, 11) is 1.93. The lowest BCUT2D eigenvalue weighted by atomic mass is 10.2. The molecule has 0 aliphatic rings. The minimum Gasteiger partial charge on any atom is -0.327 e. The normalized spacial score (nSPS) is 11.7. The predicted octanol–water partition coefficient (Wildman–Crippen LogP) is 1.36. The number of likely N-dealkylation sites (N-methyl/N-ethyl adjacent to an activating group) is 1. The lowest BCUT2D eigenvalue weighted by molar-refractivity contribution is 0.569. The van der Waals surface area contributed by atoms with Gasteiger partial charge >= 0.3 is 0 Å². The largest absolute Gasteiger partial charge is 0.327 e. The molecule has 1 unspecified atom stereocenters. The van der Waals surface area contributed by atoms with Gasteiger partial charge < -0.3 is 11.1 Å². The first-order valence-corrected chi connectivity index (χ1v) is 4.21. The molecule has 0 aliphatic carbocycles. The summed E-state index contributed by atoms with van der Waals surface area (Å²) in [6, 6.07) is 0.352. The Morgan fingerprint density at radius 1 is 1.40 bits per heavy atom. The highest BCUT2D eigenvalue weighted by Gasteiger charge is 1.95. The smallest absolute Gasteiger partial charge is 0.0165 e. The van der Waals surface area contributed by atoms with Crippen molar-refractivity contribution in [2.45, 2.75) is 39.7 Å². The van der Waals surface area contributed by atoms with Crippen LogP contribution in [0.3, 0.4) is 0 Å². The predicted molar refractivity (Wildman–Crippen MR) is 48.2 cm³/mol. The third-order valence-electron chi connectivity index (χ3n) is 1.13. The highest BCUT2D eigenvalue weighted by molar-refractivity contribution is 4.60. The van der Waals surface area contributed by atoms with Crippen molar-refractivity contribution in [3.8, 4) is 0 Å². The minimum atomic E-state index is 0.352. The molecule has 64 valence electrons. The lowest BCUT2D eigenvalue weighted by Gasteiger charge is -2.07. The summed E-state index contributed by atoms with van der Waals surface area (Å²) in [6.45, 7) is 7.09. The van der Waals surface area contributed by atoms with Crippen molar-refractivity contribution in [2.75, 3.05) is 13.6 Å². The van der Waals surface area contributed by atoms with Crippen LogP contribution in [-0.4, -0.2) is 19.6 Å². The van der Waals surface area contributed by atoms with Crippen LogP contribution in [-0.2, 0) is 0 Å². The van der Waals surface area contributed by atoms with E-state index in [-0.39, 0.29) is 0 Å². The van der Waals surface area contributed by atoms with Crippen molar-refractivity contribution in [3.63, 3.8) is 0 Å². The average Bonchev–Trinajstić information content (AvgIpc) is 1.93. The van der Waals surface area contributed by atoms with Crippen molar-refractivity contribution in [3.05, 3.63) is 0 Å². The first-order valence-electron chi connectivity index (χ1n) is 4.21. The second-order valence-corrected chi connectivity index (χ2v) is 2.11. The molecule has 0 spiro atoms. The average molecular weight is 146 g/mol. The van der Waals surface area contributed by atoms with Crippen LogP contribution < -0.4 is 11.1 Å². The topological polar surface area (TPSA) is 38.0 Å². The van der Waals surface area contributed by atoms with Crippen molar-refractivity contribution in [1.29, 1.82) is 0 Å². The number of hydrogen-bond acceptors (Lipinski definition) is 2. The summed E-state index contributed by atoms with van der Waals surface area (Å²) in [5, 5.41) is 3.03. The Morgan fingerprint density at radius 3 is 2.20 bits per heavy atom. The Labute approximate surface area is 65.2 Å². The van der Waals surface area contributed by atoms with Gasteiger partial charge in [0.05, 0.1) is 0 Å². The van der Waals surface area contributed by atoms with E-state index >= 15 is 0 Å². The molecule has 3 N–H and O–H groups in total. The third kappa shape index (κ3) is 10.8. The van der Waals surface area contributed by atoms with Gasteiger partial charge in [0.2, 0.25) is 0 Å². The van der Waals surface area contributed by atoms with Gasteiger partial charge in [0.1, 0.15) is 0 Å². The molecule has 0 saturated carbocycles. The molecule has 0 fully saturated rings. The Bertz CT molecular complexity index is 40.5. The van der Waals surface area contributed by atoms with E-state index in [0.717, 1.165) is 13.0 Å². The highest BCUT2D eigenvalue weighted by atomic mass is 14.9. The Balaban J connectivity index is 0. The van der Waals surface area contributed by atoms with E-state index in [0.29, 0.717) is 6.04 Å². The van der Waals surface area contributed by atoms with E-state index in [1.54, 1.807) is 0 Å². The highest BCUT2D eigenvalue weighted by Crippen LogP contribution is 1.89. The molecule has 0 bridgehead atoms. The summed E-state index contributed by atoms with van der Waals surface area (Å²) >= 11 is 0. The number of hydrogen-bond donors (Lipinski definition) is 2. The molecule has 0 aromatic carbocycles. The summed E-state index contributed by atoms with van der Waals surface area (Å²) in [4.78, 5) is 0. The summed E-state index contributed by atoms with van der Waals surface area (Å²) < 4.78 is 0. The molecule has 0 aliphatic heterocycles. The maximum atomic E-state index is 5.63. The Kier molecular flexibility index (Phi) is 14.7. The first kappa shape index (κ1) is 12.6. The van der Waals surface area contributed by atoms with E-state index < -0.39 is 0 Å². The molecule has 10 heavy (non-hydrogen) atoms. The van der Waals surface area contributed by atoms with E-state index in [9.17, 15) is 0 Å². The first-order chi connectivity index (χ1) is 4.81. The lowest BCUT2D eigenvalue weighted by Crippen LogP contribution is -2.31. The van der Waals surface area contributed by atoms with Gasteiger partial charge in [0.25, 0.3) is 0 Å². The van der Waals surface area contributed by atoms with Crippen molar-refractivity contribution >= 4 is 0 Å². The van der Waals surface area contributed by atoms with Crippen LogP contribution in [0, 0.1) is 0 Å². The van der Waals surface area contributed by atoms with Crippen LogP contribution in [0.25, 0.3) is 0 Å². The monoisotopic (exact) mass is 146 g/mol. The molecule has 0 saturated heterocycles. The van der Waals surface area contributed by atoms with Gasteiger partial charge in [0, 0.05) is 12.6 Å². The zero-order valence-corrected chi connectivity index (χ0v) is 7.78. The zero-order chi connectivity index (χ0) is 8.41. The number of nitrogens with one attached hydrogen (secondary N) is 1. The summed E-state index contributed by atoms with van der Waals surface area (Å²) in [5.74, 6) is 0. The van der Waals surface area contributed by atoms with Crippen LogP contribution in [0.15, 0.2) is 0 Å². The maximum absolute atomic E-state index is 5.63. The quantitative estimate of drug-likeness (QED) is 0.628. The molecule has 0 rings (SSSR count). The molecule has 0 radical (unpaired) electrons. The standard InChI is InChI=1S/C6H16N2.C2H6/c1-3-4-6(7)5-8-2;1-2/h6,8H,3-5,7H2,1-2H3;1-2H3. The SMILES string of the molecule is CC.CCCC(N)CNC. The second kappa shape index (κ2) is 11.7. The van der Waals surface area contributed by atoms with E-state index in [2.05, 4.69) is 12.2 Å². The maximum Gasteiger partial charge on any atom is 0.0165 e. The fourth-order valence-electron chi connectivity index (χ4n) is 0.735. The molecular formula is C8H22N2. The molecule has 1 atom stereocenters. The fourth-order valence-corrected chi connectivity index (χ4v) is 0.735. The van der Waals surface area contributed by atoms with Crippen LogP contribution in [0.5, 0.6) is 0 Å². The van der Waals surface area contributed by atoms with Gasteiger partial charge in [-0.05, 0) is 13.5 Å². The molecule has 0 aromatic heterocycles. The van der Waals surface area contributed by atoms with Gasteiger partial charge in [-0.2, -0.15) is 0 Å². The molecule has 2 nitrogen and oxygen atoms in total. The number of rotatable bonds is 4. The van der Waals surface area contributed by atoms with Crippen LogP contribution in [0.2, 0.25) is 0 Å². The van der Waals surface area contributed by atoms with Crippen LogP contribution in [0.1, 0.15) is 33.6 Å². The molecule has 2 heteroatoms. The number of nitrogens with two attached hydrogens (primary N) is 1. The Morgan fingerprint density at radius 2 is 1.90 bits per heavy atom. The van der Waals surface area contributed by atoms with E-state index in [4.69, 9.17) is 5.73 Å². The van der Waals surface area contributed by atoms with Crippen molar-refractivity contribution in [1.82, 2.24) is 5.32 Å². The van der Waals surface area contributed by atoms with Gasteiger partial charge in [-0.15, -0.1) is 0 Å². The third-order valence-corrected chi connectivity index (χ3v) is 1.13. The molecule has 0 heterocycles. The second-order valence-electron chi connectivity index (χ2n) is 2.11. The zero-order valence-electron chi connectivity index (χ0n) is 7.78. The van der Waals surface area contributed by atoms with Crippen molar-refractivity contribution < 1.29 is 0 Å². The molecule has 0 aromatic rings. The van der Waals surface area contributed by atoms with Crippen LogP contribution >= 0.6 is 0 Å². The van der Waals surface area contributed by atoms with Gasteiger partial charge in [-0.1, -0.05) is 27.2 Å². The van der Waals surface area contributed by atoms with Gasteiger partial charge in [-0.25, -0.2) is 0 Å². The van der Waals surface area contributed by atoms with E-state index in [1.165, 1.54) is 6.42 Å². The fraction of sp³-hybridized carbons (Fsp3) is 1.00. The molecule has 0 amide bonds. The summed E-state index contributed by atoms with van der Waals surface area (Å²) in [6.07, 6.45) is 2.31. The van der Waals surface area contributed by atoms with E-state index in [1.807, 2.05) is 20.9 Å². The van der Waals surface area contributed by atoms with Crippen LogP contribution in [0.4, 0.5) is 0 Å². The minimum absolute atomic E-state index is 0.352.